The lowest BCUT2D eigenvalue weighted by Gasteiger charge is -2.25. The molecule has 0 bridgehead atoms. The summed E-state index contributed by atoms with van der Waals surface area (Å²) < 4.78 is 11.5. The van der Waals surface area contributed by atoms with Crippen molar-refractivity contribution >= 4 is 0 Å². The Morgan fingerprint density at radius 2 is 2.10 bits per heavy atom. The molecule has 5 heteroatoms. The predicted octanol–water partition coefficient (Wildman–Crippen LogP) is 2.48. The molecule has 21 heavy (non-hydrogen) atoms. The van der Waals surface area contributed by atoms with Crippen LogP contribution >= 0.6 is 0 Å². The van der Waals surface area contributed by atoms with Gasteiger partial charge in [-0.25, -0.2) is 4.98 Å². The van der Waals surface area contributed by atoms with Crippen LogP contribution in [-0.2, 0) is 6.42 Å². The summed E-state index contributed by atoms with van der Waals surface area (Å²) in [5, 5.41) is 0. The molecule has 0 saturated heterocycles. The van der Waals surface area contributed by atoms with Gasteiger partial charge in [0.2, 0.25) is 0 Å². The number of hydrogen-bond donors (Lipinski definition) is 1. The number of benzene rings is 1. The Morgan fingerprint density at radius 3 is 2.86 bits per heavy atom. The lowest BCUT2D eigenvalue weighted by molar-refractivity contribution is 0.0847. The summed E-state index contributed by atoms with van der Waals surface area (Å²) >= 11 is 0. The third-order valence-electron chi connectivity index (χ3n) is 3.24. The number of nitrogens with one attached hydrogen (secondary N) is 1. The molecule has 0 fully saturated rings. The number of para-hydroxylation sites is 2. The third kappa shape index (κ3) is 3.07. The van der Waals surface area contributed by atoms with Crippen LogP contribution in [0.3, 0.4) is 0 Å². The summed E-state index contributed by atoms with van der Waals surface area (Å²) in [6.45, 7) is 4.53. The highest BCUT2D eigenvalue weighted by Gasteiger charge is 2.24. The molecule has 1 N–H and O–H groups in total. The first-order valence-corrected chi connectivity index (χ1v) is 7.10. The molecular weight excluding hydrogens is 268 g/mol. The minimum absolute atomic E-state index is 0.155. The Balaban J connectivity index is 1.88. The molecule has 0 spiro atoms. The SMILES string of the molecule is CC(C)Cc1cc(=O)[nH]c(C2COc3ccccc3O2)n1. The van der Waals surface area contributed by atoms with Gasteiger partial charge in [-0.15, -0.1) is 0 Å². The molecule has 3 rings (SSSR count). The Kier molecular flexibility index (Phi) is 3.64. The zero-order chi connectivity index (χ0) is 14.8. The van der Waals surface area contributed by atoms with Gasteiger partial charge in [-0.3, -0.25) is 4.79 Å². The van der Waals surface area contributed by atoms with Crippen LogP contribution in [0.5, 0.6) is 11.5 Å². The van der Waals surface area contributed by atoms with Crippen LogP contribution in [0.2, 0.25) is 0 Å². The molecule has 1 aliphatic rings. The third-order valence-corrected chi connectivity index (χ3v) is 3.24. The van der Waals surface area contributed by atoms with Gasteiger partial charge in [-0.2, -0.15) is 0 Å². The molecule has 0 saturated carbocycles. The summed E-state index contributed by atoms with van der Waals surface area (Å²) in [5.74, 6) is 2.35. The first kappa shape index (κ1) is 13.7. The van der Waals surface area contributed by atoms with Crippen molar-refractivity contribution in [3.05, 3.63) is 52.2 Å². The van der Waals surface area contributed by atoms with Gasteiger partial charge < -0.3 is 14.5 Å². The first-order chi connectivity index (χ1) is 10.1. The summed E-state index contributed by atoms with van der Waals surface area (Å²) in [4.78, 5) is 19.0. The number of nitrogens with zero attached hydrogens (tertiary/aromatic N) is 1. The topological polar surface area (TPSA) is 64.2 Å². The lowest BCUT2D eigenvalue weighted by atomic mass is 10.1. The van der Waals surface area contributed by atoms with Crippen molar-refractivity contribution in [2.75, 3.05) is 6.61 Å². The van der Waals surface area contributed by atoms with Crippen molar-refractivity contribution in [2.24, 2.45) is 5.92 Å². The van der Waals surface area contributed by atoms with E-state index in [4.69, 9.17) is 9.47 Å². The van der Waals surface area contributed by atoms with Crippen LogP contribution in [0.4, 0.5) is 0 Å². The van der Waals surface area contributed by atoms with Gasteiger partial charge >= 0.3 is 0 Å². The van der Waals surface area contributed by atoms with Crippen LogP contribution in [0.15, 0.2) is 35.1 Å². The van der Waals surface area contributed by atoms with Gasteiger partial charge in [0.1, 0.15) is 6.61 Å². The fraction of sp³-hybridized carbons (Fsp3) is 0.375. The van der Waals surface area contributed by atoms with E-state index < -0.39 is 0 Å². The first-order valence-electron chi connectivity index (χ1n) is 7.10. The predicted molar refractivity (Wildman–Crippen MR) is 78.7 cm³/mol. The van der Waals surface area contributed by atoms with E-state index in [2.05, 4.69) is 23.8 Å². The van der Waals surface area contributed by atoms with E-state index in [0.29, 0.717) is 24.1 Å². The lowest BCUT2D eigenvalue weighted by Crippen LogP contribution is -2.26. The van der Waals surface area contributed by atoms with Crippen molar-refractivity contribution in [2.45, 2.75) is 26.4 Å². The van der Waals surface area contributed by atoms with Crippen molar-refractivity contribution in [1.82, 2.24) is 9.97 Å². The van der Waals surface area contributed by atoms with E-state index in [-0.39, 0.29) is 11.7 Å². The summed E-state index contributed by atoms with van der Waals surface area (Å²) in [6, 6.07) is 9.03. The molecular formula is C16H18N2O3. The standard InChI is InChI=1S/C16H18N2O3/c1-10(2)7-11-8-15(19)18-16(17-11)14-9-20-12-5-3-4-6-13(12)21-14/h3-6,8,10,14H,7,9H2,1-2H3,(H,17,18,19). The fourth-order valence-corrected chi connectivity index (χ4v) is 2.36. The summed E-state index contributed by atoms with van der Waals surface area (Å²) in [5.41, 5.74) is 0.629. The van der Waals surface area contributed by atoms with Gasteiger partial charge in [-0.05, 0) is 24.5 Å². The molecule has 1 aliphatic heterocycles. The molecule has 1 atom stereocenters. The molecule has 110 valence electrons. The van der Waals surface area contributed by atoms with Crippen LogP contribution in [0.25, 0.3) is 0 Å². The number of ether oxygens (including phenoxy) is 2. The van der Waals surface area contributed by atoms with Crippen LogP contribution in [-0.4, -0.2) is 16.6 Å². The maximum Gasteiger partial charge on any atom is 0.251 e. The minimum atomic E-state index is -0.389. The second-order valence-corrected chi connectivity index (χ2v) is 5.58. The molecule has 2 aromatic rings. The zero-order valence-electron chi connectivity index (χ0n) is 12.1. The number of H-pyrrole nitrogens is 1. The number of aromatic amines is 1. The largest absolute Gasteiger partial charge is 0.485 e. The molecule has 5 nitrogen and oxygen atoms in total. The average Bonchev–Trinajstić information content (AvgIpc) is 2.45. The Hall–Kier alpha value is -2.30. The quantitative estimate of drug-likeness (QED) is 0.941. The highest BCUT2D eigenvalue weighted by atomic mass is 16.6. The molecule has 0 amide bonds. The average molecular weight is 286 g/mol. The van der Waals surface area contributed by atoms with Crippen molar-refractivity contribution in [3.8, 4) is 11.5 Å². The summed E-state index contributed by atoms with van der Waals surface area (Å²) in [6.07, 6.45) is 0.376. The van der Waals surface area contributed by atoms with E-state index >= 15 is 0 Å². The number of rotatable bonds is 3. The maximum atomic E-state index is 11.8. The second-order valence-electron chi connectivity index (χ2n) is 5.58. The Bertz CT molecular complexity index is 694. The normalized spacial score (nSPS) is 17.0. The second kappa shape index (κ2) is 5.60. The Labute approximate surface area is 123 Å². The van der Waals surface area contributed by atoms with Crippen molar-refractivity contribution in [3.63, 3.8) is 0 Å². The zero-order valence-corrected chi connectivity index (χ0v) is 12.1. The van der Waals surface area contributed by atoms with E-state index in [1.807, 2.05) is 24.3 Å². The van der Waals surface area contributed by atoms with Crippen LogP contribution in [0.1, 0.15) is 31.5 Å². The van der Waals surface area contributed by atoms with E-state index in [1.165, 1.54) is 0 Å². The fourth-order valence-electron chi connectivity index (χ4n) is 2.36. The Morgan fingerprint density at radius 1 is 1.33 bits per heavy atom. The van der Waals surface area contributed by atoms with Gasteiger partial charge in [0.05, 0.1) is 0 Å². The van der Waals surface area contributed by atoms with Crippen molar-refractivity contribution in [1.29, 1.82) is 0 Å². The van der Waals surface area contributed by atoms with E-state index in [9.17, 15) is 4.79 Å². The van der Waals surface area contributed by atoms with E-state index in [0.717, 1.165) is 17.9 Å². The van der Waals surface area contributed by atoms with Crippen LogP contribution in [0, 0.1) is 5.92 Å². The van der Waals surface area contributed by atoms with Gasteiger partial charge in [-0.1, -0.05) is 26.0 Å². The van der Waals surface area contributed by atoms with Crippen LogP contribution < -0.4 is 15.0 Å². The molecule has 0 radical (unpaired) electrons. The smallest absolute Gasteiger partial charge is 0.251 e. The van der Waals surface area contributed by atoms with E-state index in [1.54, 1.807) is 6.07 Å². The number of fused-ring (bicyclic) bond motifs is 1. The monoisotopic (exact) mass is 286 g/mol. The highest BCUT2D eigenvalue weighted by Crippen LogP contribution is 2.34. The molecule has 1 aromatic heterocycles. The van der Waals surface area contributed by atoms with Gasteiger partial charge in [0.25, 0.3) is 5.56 Å². The van der Waals surface area contributed by atoms with Gasteiger partial charge in [0, 0.05) is 11.8 Å². The molecule has 1 unspecified atom stereocenters. The maximum absolute atomic E-state index is 11.8. The summed E-state index contributed by atoms with van der Waals surface area (Å²) in [7, 11) is 0. The number of hydrogen-bond acceptors (Lipinski definition) is 4. The van der Waals surface area contributed by atoms with Gasteiger partial charge in [0.15, 0.2) is 23.4 Å². The van der Waals surface area contributed by atoms with Crippen molar-refractivity contribution < 1.29 is 9.47 Å². The minimum Gasteiger partial charge on any atom is -0.485 e. The molecule has 2 heterocycles. The number of aromatic nitrogens is 2. The highest BCUT2D eigenvalue weighted by molar-refractivity contribution is 5.41. The molecule has 0 aliphatic carbocycles. The molecule has 1 aromatic carbocycles.